The lowest BCUT2D eigenvalue weighted by atomic mass is 10.2. The number of hydrogen-bond donors (Lipinski definition) is 3. The van der Waals surface area contributed by atoms with Crippen molar-refractivity contribution < 1.29 is 14.2 Å². The molecule has 23 heavy (non-hydrogen) atoms. The molecule has 124 valence electrons. The minimum Gasteiger partial charge on any atom is -0.495 e. The fourth-order valence-electron chi connectivity index (χ4n) is 1.90. The van der Waals surface area contributed by atoms with Crippen LogP contribution in [0.1, 0.15) is 16.1 Å². The predicted octanol–water partition coefficient (Wildman–Crippen LogP) is 1.49. The molecule has 4 N–H and O–H groups in total. The Labute approximate surface area is 142 Å². The summed E-state index contributed by atoms with van der Waals surface area (Å²) in [6.07, 6.45) is 0. The molecular formula is C13H15Cl2N5O3. The van der Waals surface area contributed by atoms with Crippen LogP contribution in [0.2, 0.25) is 10.0 Å². The fourth-order valence-corrected chi connectivity index (χ4v) is 2.51. The van der Waals surface area contributed by atoms with Gasteiger partial charge in [-0.3, -0.25) is 4.79 Å². The first-order chi connectivity index (χ1) is 11.0. The lowest BCUT2D eigenvalue weighted by Gasteiger charge is -2.12. The molecule has 0 aliphatic carbocycles. The number of nitrogens with two attached hydrogens (primary N) is 1. The Morgan fingerprint density at radius 2 is 2.13 bits per heavy atom. The van der Waals surface area contributed by atoms with E-state index in [0.717, 1.165) is 5.56 Å². The third-order valence-electron chi connectivity index (χ3n) is 2.92. The van der Waals surface area contributed by atoms with E-state index in [9.17, 15) is 4.79 Å². The van der Waals surface area contributed by atoms with Crippen molar-refractivity contribution >= 4 is 34.9 Å². The Balaban J connectivity index is 1.80. The van der Waals surface area contributed by atoms with E-state index in [2.05, 4.69) is 25.6 Å². The smallest absolute Gasteiger partial charge is 0.277 e. The molecule has 1 aromatic carbocycles. The maximum Gasteiger partial charge on any atom is 0.277 e. The van der Waals surface area contributed by atoms with Crippen molar-refractivity contribution in [2.45, 2.75) is 6.54 Å². The Morgan fingerprint density at radius 1 is 1.35 bits per heavy atom. The van der Waals surface area contributed by atoms with Gasteiger partial charge in [-0.05, 0) is 22.4 Å². The van der Waals surface area contributed by atoms with Gasteiger partial charge >= 0.3 is 0 Å². The number of halogens is 2. The van der Waals surface area contributed by atoms with Gasteiger partial charge in [0.25, 0.3) is 5.91 Å². The molecule has 1 aromatic heterocycles. The molecule has 0 atom stereocenters. The van der Waals surface area contributed by atoms with Crippen molar-refractivity contribution in [3.63, 3.8) is 0 Å². The van der Waals surface area contributed by atoms with Crippen LogP contribution < -0.4 is 21.1 Å². The molecule has 0 saturated carbocycles. The van der Waals surface area contributed by atoms with Crippen LogP contribution in [-0.4, -0.2) is 36.4 Å². The monoisotopic (exact) mass is 359 g/mol. The van der Waals surface area contributed by atoms with E-state index in [0.29, 0.717) is 35.4 Å². The van der Waals surface area contributed by atoms with Gasteiger partial charge in [-0.15, -0.1) is 0 Å². The Morgan fingerprint density at radius 3 is 2.78 bits per heavy atom. The molecule has 2 aromatic rings. The van der Waals surface area contributed by atoms with Gasteiger partial charge in [0.2, 0.25) is 11.5 Å². The standard InChI is InChI=1S/C13H15Cl2N5O3/c1-22-11-7(4-8(14)5-9(11)15)6-17-2-3-18-13(21)10-12(16)20-23-19-10/h4-5,17H,2-3,6H2,1H3,(H2,16,20)(H,18,21). The average molecular weight is 360 g/mol. The molecule has 0 radical (unpaired) electrons. The number of benzene rings is 1. The molecule has 2 rings (SSSR count). The second-order valence-electron chi connectivity index (χ2n) is 4.51. The molecule has 0 fully saturated rings. The number of carbonyl (C=O) groups is 1. The quantitative estimate of drug-likeness (QED) is 0.641. The zero-order valence-electron chi connectivity index (χ0n) is 12.2. The maximum absolute atomic E-state index is 11.7. The maximum atomic E-state index is 11.7. The van der Waals surface area contributed by atoms with Gasteiger partial charge in [0.05, 0.1) is 12.1 Å². The van der Waals surface area contributed by atoms with E-state index in [1.165, 1.54) is 7.11 Å². The van der Waals surface area contributed by atoms with Crippen LogP contribution in [0.5, 0.6) is 5.75 Å². The SMILES string of the molecule is COc1c(Cl)cc(Cl)cc1CNCCNC(=O)c1nonc1N. The number of ether oxygens (including phenoxy) is 1. The zero-order valence-corrected chi connectivity index (χ0v) is 13.7. The molecule has 0 unspecified atom stereocenters. The number of methoxy groups -OCH3 is 1. The number of nitrogens with zero attached hydrogens (tertiary/aromatic N) is 2. The minimum absolute atomic E-state index is 0.0340. The highest BCUT2D eigenvalue weighted by Gasteiger charge is 2.15. The van der Waals surface area contributed by atoms with Gasteiger partial charge in [-0.2, -0.15) is 0 Å². The summed E-state index contributed by atoms with van der Waals surface area (Å²) in [4.78, 5) is 11.7. The first-order valence-electron chi connectivity index (χ1n) is 6.61. The molecule has 0 spiro atoms. The number of carbonyl (C=O) groups excluding carboxylic acids is 1. The summed E-state index contributed by atoms with van der Waals surface area (Å²) < 4.78 is 9.61. The van der Waals surface area contributed by atoms with E-state index in [-0.39, 0.29) is 11.5 Å². The van der Waals surface area contributed by atoms with Gasteiger partial charge in [0, 0.05) is 30.2 Å². The van der Waals surface area contributed by atoms with Crippen LogP contribution in [0, 0.1) is 0 Å². The minimum atomic E-state index is -0.450. The normalized spacial score (nSPS) is 10.6. The highest BCUT2D eigenvalue weighted by molar-refractivity contribution is 6.35. The van der Waals surface area contributed by atoms with Crippen molar-refractivity contribution in [1.29, 1.82) is 0 Å². The highest BCUT2D eigenvalue weighted by atomic mass is 35.5. The topological polar surface area (TPSA) is 115 Å². The van der Waals surface area contributed by atoms with Crippen molar-refractivity contribution in [2.75, 3.05) is 25.9 Å². The van der Waals surface area contributed by atoms with Crippen molar-refractivity contribution in [1.82, 2.24) is 20.9 Å². The molecule has 1 heterocycles. The summed E-state index contributed by atoms with van der Waals surface area (Å²) >= 11 is 12.0. The van der Waals surface area contributed by atoms with Gasteiger partial charge in [0.15, 0.2) is 0 Å². The summed E-state index contributed by atoms with van der Waals surface area (Å²) in [6, 6.07) is 3.38. The fraction of sp³-hybridized carbons (Fsp3) is 0.308. The van der Waals surface area contributed by atoms with E-state index in [1.807, 2.05) is 0 Å². The first-order valence-corrected chi connectivity index (χ1v) is 7.37. The lowest BCUT2D eigenvalue weighted by molar-refractivity contribution is 0.0944. The Hall–Kier alpha value is -2.03. The summed E-state index contributed by atoms with van der Waals surface area (Å²) in [6.45, 7) is 1.35. The van der Waals surface area contributed by atoms with Gasteiger partial charge in [0.1, 0.15) is 5.75 Å². The number of aromatic nitrogens is 2. The van der Waals surface area contributed by atoms with Gasteiger partial charge in [-0.25, -0.2) is 4.63 Å². The molecule has 10 heteroatoms. The summed E-state index contributed by atoms with van der Waals surface area (Å²) in [5.41, 5.74) is 6.21. The second-order valence-corrected chi connectivity index (χ2v) is 5.35. The molecule has 8 nitrogen and oxygen atoms in total. The molecule has 0 aliphatic heterocycles. The number of hydrogen-bond acceptors (Lipinski definition) is 7. The Kier molecular flexibility index (Phi) is 6.03. The van der Waals surface area contributed by atoms with Crippen molar-refractivity contribution in [3.05, 3.63) is 33.4 Å². The van der Waals surface area contributed by atoms with Crippen molar-refractivity contribution in [3.8, 4) is 5.75 Å². The van der Waals surface area contributed by atoms with Crippen LogP contribution in [0.4, 0.5) is 5.82 Å². The number of nitrogen functional groups attached to an aromatic ring is 1. The third-order valence-corrected chi connectivity index (χ3v) is 3.42. The van der Waals surface area contributed by atoms with Gasteiger partial charge < -0.3 is 21.1 Å². The van der Waals surface area contributed by atoms with E-state index in [4.69, 9.17) is 33.7 Å². The predicted molar refractivity (Wildman–Crippen MR) is 85.8 cm³/mol. The summed E-state index contributed by atoms with van der Waals surface area (Å²) in [7, 11) is 1.54. The second kappa shape index (κ2) is 8.00. The summed E-state index contributed by atoms with van der Waals surface area (Å²) in [5.74, 6) is 0.0664. The molecule has 0 bridgehead atoms. The largest absolute Gasteiger partial charge is 0.495 e. The molecule has 0 aliphatic rings. The van der Waals surface area contributed by atoms with Crippen molar-refractivity contribution in [2.24, 2.45) is 0 Å². The molecule has 1 amide bonds. The lowest BCUT2D eigenvalue weighted by Crippen LogP contribution is -2.32. The number of nitrogens with one attached hydrogen (secondary N) is 2. The zero-order chi connectivity index (χ0) is 16.8. The number of rotatable bonds is 7. The van der Waals surface area contributed by atoms with Crippen LogP contribution >= 0.6 is 23.2 Å². The molecule has 0 saturated heterocycles. The van der Waals surface area contributed by atoms with Crippen LogP contribution in [0.25, 0.3) is 0 Å². The van der Waals surface area contributed by atoms with Gasteiger partial charge in [-0.1, -0.05) is 23.2 Å². The highest BCUT2D eigenvalue weighted by Crippen LogP contribution is 2.31. The third kappa shape index (κ3) is 4.47. The Bertz CT molecular complexity index is 692. The number of anilines is 1. The number of amides is 1. The average Bonchev–Trinajstić information content (AvgIpc) is 2.92. The first kappa shape index (κ1) is 17.3. The molecular weight excluding hydrogens is 345 g/mol. The van der Waals surface area contributed by atoms with E-state index < -0.39 is 5.91 Å². The van der Waals surface area contributed by atoms with E-state index >= 15 is 0 Å². The van der Waals surface area contributed by atoms with E-state index in [1.54, 1.807) is 12.1 Å². The van der Waals surface area contributed by atoms with Crippen LogP contribution in [0.15, 0.2) is 16.8 Å². The van der Waals surface area contributed by atoms with Crippen LogP contribution in [0.3, 0.4) is 0 Å². The summed E-state index contributed by atoms with van der Waals surface area (Å²) in [5, 5.41) is 13.5. The van der Waals surface area contributed by atoms with Crippen LogP contribution in [-0.2, 0) is 6.54 Å².